The zero-order valence-electron chi connectivity index (χ0n) is 11.8. The van der Waals surface area contributed by atoms with Crippen molar-refractivity contribution < 1.29 is 4.79 Å². The van der Waals surface area contributed by atoms with Crippen LogP contribution in [-0.2, 0) is 6.54 Å². The number of aromatic nitrogens is 1. The van der Waals surface area contributed by atoms with Gasteiger partial charge in [0.2, 0.25) is 0 Å². The van der Waals surface area contributed by atoms with Gasteiger partial charge in [0.05, 0.1) is 0 Å². The summed E-state index contributed by atoms with van der Waals surface area (Å²) < 4.78 is 1.68. The van der Waals surface area contributed by atoms with E-state index in [2.05, 4.69) is 12.2 Å². The van der Waals surface area contributed by atoms with Gasteiger partial charge in [-0.3, -0.25) is 9.59 Å². The summed E-state index contributed by atoms with van der Waals surface area (Å²) in [6.07, 6.45) is 6.48. The minimum Gasteiger partial charge on any atom is -0.365 e. The standard InChI is InChI=1S/C15H21N3O2/c1-9(11-2-3-11)17-7-10-6-13(14(16)19)15(20)18(8-10)12-4-5-12/h6,8-9,11-12,17H,2-5,7H2,1H3,(H2,16,19)/t9-/m1/s1. The summed E-state index contributed by atoms with van der Waals surface area (Å²) in [6.45, 7) is 2.86. The van der Waals surface area contributed by atoms with Crippen LogP contribution in [-0.4, -0.2) is 16.5 Å². The molecule has 1 heterocycles. The van der Waals surface area contributed by atoms with Crippen molar-refractivity contribution in [2.45, 2.75) is 51.2 Å². The van der Waals surface area contributed by atoms with Crippen LogP contribution in [0.15, 0.2) is 17.1 Å². The first-order chi connectivity index (χ1) is 9.56. The van der Waals surface area contributed by atoms with Crippen molar-refractivity contribution >= 4 is 5.91 Å². The predicted octanol–water partition coefficient (Wildman–Crippen LogP) is 1.17. The van der Waals surface area contributed by atoms with Crippen LogP contribution in [0.1, 0.15) is 54.6 Å². The molecule has 0 aliphatic heterocycles. The Morgan fingerprint density at radius 1 is 1.45 bits per heavy atom. The number of hydrogen-bond acceptors (Lipinski definition) is 3. The Morgan fingerprint density at radius 2 is 2.15 bits per heavy atom. The monoisotopic (exact) mass is 275 g/mol. The lowest BCUT2D eigenvalue weighted by molar-refractivity contribution is 0.0998. The van der Waals surface area contributed by atoms with Gasteiger partial charge in [0.1, 0.15) is 5.56 Å². The molecule has 2 saturated carbocycles. The van der Waals surface area contributed by atoms with Crippen molar-refractivity contribution in [3.63, 3.8) is 0 Å². The molecule has 5 nitrogen and oxygen atoms in total. The Morgan fingerprint density at radius 3 is 2.70 bits per heavy atom. The van der Waals surface area contributed by atoms with E-state index >= 15 is 0 Å². The minimum absolute atomic E-state index is 0.107. The Labute approximate surface area is 118 Å². The average Bonchev–Trinajstić information content (AvgIpc) is 3.29. The van der Waals surface area contributed by atoms with E-state index < -0.39 is 5.91 Å². The highest BCUT2D eigenvalue weighted by Crippen LogP contribution is 2.34. The van der Waals surface area contributed by atoms with Crippen molar-refractivity contribution in [3.8, 4) is 0 Å². The minimum atomic E-state index is -0.638. The molecule has 2 aliphatic carbocycles. The molecule has 0 saturated heterocycles. The topological polar surface area (TPSA) is 77.1 Å². The highest BCUT2D eigenvalue weighted by atomic mass is 16.2. The smallest absolute Gasteiger partial charge is 0.263 e. The molecule has 0 bridgehead atoms. The third-order valence-corrected chi connectivity index (χ3v) is 4.26. The molecule has 1 atom stereocenters. The second-order valence-corrected chi connectivity index (χ2v) is 6.08. The molecule has 3 N–H and O–H groups in total. The normalized spacial score (nSPS) is 19.9. The molecule has 5 heteroatoms. The van der Waals surface area contributed by atoms with Crippen LogP contribution < -0.4 is 16.6 Å². The number of hydrogen-bond donors (Lipinski definition) is 2. The van der Waals surface area contributed by atoms with E-state index in [1.165, 1.54) is 12.8 Å². The van der Waals surface area contributed by atoms with Crippen molar-refractivity contribution in [1.82, 2.24) is 9.88 Å². The zero-order chi connectivity index (χ0) is 14.3. The van der Waals surface area contributed by atoms with E-state index in [-0.39, 0.29) is 17.2 Å². The van der Waals surface area contributed by atoms with Gasteiger partial charge in [-0.2, -0.15) is 0 Å². The molecule has 1 aromatic heterocycles. The van der Waals surface area contributed by atoms with E-state index in [0.717, 1.165) is 24.3 Å². The fourth-order valence-corrected chi connectivity index (χ4v) is 2.60. The fourth-order valence-electron chi connectivity index (χ4n) is 2.60. The van der Waals surface area contributed by atoms with E-state index in [1.54, 1.807) is 10.6 Å². The first kappa shape index (κ1) is 13.4. The van der Waals surface area contributed by atoms with Crippen LogP contribution in [0.2, 0.25) is 0 Å². The number of nitrogens with zero attached hydrogens (tertiary/aromatic N) is 1. The van der Waals surface area contributed by atoms with Gasteiger partial charge in [0, 0.05) is 24.8 Å². The van der Waals surface area contributed by atoms with Crippen molar-refractivity contribution in [1.29, 1.82) is 0 Å². The van der Waals surface area contributed by atoms with Gasteiger partial charge in [-0.25, -0.2) is 0 Å². The highest BCUT2D eigenvalue weighted by Gasteiger charge is 2.28. The largest absolute Gasteiger partial charge is 0.365 e. The molecule has 0 unspecified atom stereocenters. The third-order valence-electron chi connectivity index (χ3n) is 4.26. The second-order valence-electron chi connectivity index (χ2n) is 6.08. The molecular weight excluding hydrogens is 254 g/mol. The maximum atomic E-state index is 12.1. The first-order valence-corrected chi connectivity index (χ1v) is 7.34. The van der Waals surface area contributed by atoms with Crippen LogP contribution in [0.3, 0.4) is 0 Å². The van der Waals surface area contributed by atoms with Crippen molar-refractivity contribution in [3.05, 3.63) is 33.7 Å². The lowest BCUT2D eigenvalue weighted by Crippen LogP contribution is -2.32. The van der Waals surface area contributed by atoms with Gasteiger partial charge in [0.15, 0.2) is 0 Å². The molecule has 1 amide bonds. The predicted molar refractivity (Wildman–Crippen MR) is 76.5 cm³/mol. The first-order valence-electron chi connectivity index (χ1n) is 7.34. The maximum absolute atomic E-state index is 12.1. The number of amides is 1. The highest BCUT2D eigenvalue weighted by molar-refractivity contribution is 5.92. The molecule has 0 aromatic carbocycles. The van der Waals surface area contributed by atoms with E-state index in [0.29, 0.717) is 12.6 Å². The number of carbonyl (C=O) groups excluding carboxylic acids is 1. The Bertz CT molecular complexity index is 585. The summed E-state index contributed by atoms with van der Waals surface area (Å²) in [7, 11) is 0. The Balaban J connectivity index is 1.82. The van der Waals surface area contributed by atoms with E-state index in [1.807, 2.05) is 6.20 Å². The summed E-state index contributed by atoms with van der Waals surface area (Å²) in [6, 6.07) is 2.37. The van der Waals surface area contributed by atoms with Gasteiger partial charge < -0.3 is 15.6 Å². The van der Waals surface area contributed by atoms with Crippen LogP contribution in [0.4, 0.5) is 0 Å². The molecule has 3 rings (SSSR count). The second kappa shape index (κ2) is 5.05. The number of nitrogens with one attached hydrogen (secondary N) is 1. The van der Waals surface area contributed by atoms with Gasteiger partial charge in [0.25, 0.3) is 11.5 Å². The number of pyridine rings is 1. The maximum Gasteiger partial charge on any atom is 0.263 e. The molecule has 2 fully saturated rings. The summed E-state index contributed by atoms with van der Waals surface area (Å²) in [5, 5.41) is 3.47. The summed E-state index contributed by atoms with van der Waals surface area (Å²) in [4.78, 5) is 23.6. The summed E-state index contributed by atoms with van der Waals surface area (Å²) in [5.74, 6) is 0.140. The lowest BCUT2D eigenvalue weighted by Gasteiger charge is -2.14. The zero-order valence-corrected chi connectivity index (χ0v) is 11.8. The molecular formula is C15H21N3O2. The van der Waals surface area contributed by atoms with Crippen LogP contribution in [0.25, 0.3) is 0 Å². The van der Waals surface area contributed by atoms with Gasteiger partial charge in [-0.05, 0) is 50.2 Å². The van der Waals surface area contributed by atoms with E-state index in [4.69, 9.17) is 5.73 Å². The number of rotatable bonds is 6. The molecule has 108 valence electrons. The van der Waals surface area contributed by atoms with Crippen LogP contribution >= 0.6 is 0 Å². The summed E-state index contributed by atoms with van der Waals surface area (Å²) >= 11 is 0. The SMILES string of the molecule is C[C@@H](NCc1cc(C(N)=O)c(=O)n(C2CC2)c1)C1CC1. The number of primary amides is 1. The molecule has 2 aliphatic rings. The van der Waals surface area contributed by atoms with Crippen molar-refractivity contribution in [2.75, 3.05) is 0 Å². The van der Waals surface area contributed by atoms with Crippen molar-refractivity contribution in [2.24, 2.45) is 11.7 Å². The van der Waals surface area contributed by atoms with Crippen LogP contribution in [0.5, 0.6) is 0 Å². The summed E-state index contributed by atoms with van der Waals surface area (Å²) in [5.41, 5.74) is 6.13. The lowest BCUT2D eigenvalue weighted by atomic mass is 10.1. The van der Waals surface area contributed by atoms with Crippen LogP contribution in [0, 0.1) is 5.92 Å². The van der Waals surface area contributed by atoms with E-state index in [9.17, 15) is 9.59 Å². The number of carbonyl (C=O) groups is 1. The Hall–Kier alpha value is -1.62. The Kier molecular flexibility index (Phi) is 3.38. The molecule has 1 aromatic rings. The molecule has 0 spiro atoms. The number of nitrogens with two attached hydrogens (primary N) is 1. The van der Waals surface area contributed by atoms with Gasteiger partial charge in [-0.1, -0.05) is 0 Å². The molecule has 0 radical (unpaired) electrons. The molecule has 20 heavy (non-hydrogen) atoms. The fraction of sp³-hybridized carbons (Fsp3) is 0.600. The average molecular weight is 275 g/mol. The third kappa shape index (κ3) is 2.77. The van der Waals surface area contributed by atoms with Gasteiger partial charge >= 0.3 is 0 Å². The quantitative estimate of drug-likeness (QED) is 0.818. The van der Waals surface area contributed by atoms with Gasteiger partial charge in [-0.15, -0.1) is 0 Å².